The molecule has 1 fully saturated rings. The number of nitrogens with one attached hydrogen (secondary N) is 2. The van der Waals surface area contributed by atoms with Crippen molar-refractivity contribution >= 4 is 5.91 Å². The van der Waals surface area contributed by atoms with Gasteiger partial charge in [-0.15, -0.1) is 0 Å². The van der Waals surface area contributed by atoms with E-state index in [2.05, 4.69) is 25.2 Å². The van der Waals surface area contributed by atoms with Crippen LogP contribution in [0.1, 0.15) is 23.4 Å². The summed E-state index contributed by atoms with van der Waals surface area (Å²) in [6, 6.07) is 11.1. The van der Waals surface area contributed by atoms with Crippen molar-refractivity contribution in [2.75, 3.05) is 26.2 Å². The Hall–Kier alpha value is -3.39. The van der Waals surface area contributed by atoms with E-state index < -0.39 is 0 Å². The van der Waals surface area contributed by atoms with Crippen LogP contribution in [-0.4, -0.2) is 57.1 Å². The van der Waals surface area contributed by atoms with Gasteiger partial charge >= 0.3 is 0 Å². The van der Waals surface area contributed by atoms with Crippen LogP contribution in [-0.2, 0) is 17.8 Å². The Labute approximate surface area is 194 Å². The smallest absolute Gasteiger partial charge is 0.224 e. The second-order valence-corrected chi connectivity index (χ2v) is 8.72. The quantitative estimate of drug-likeness (QED) is 0.464. The Morgan fingerprint density at radius 2 is 2.06 bits per heavy atom. The van der Waals surface area contributed by atoms with Crippen LogP contribution in [0.3, 0.4) is 0 Å². The van der Waals surface area contributed by atoms with Crippen molar-refractivity contribution in [2.24, 2.45) is 11.8 Å². The predicted octanol–water partition coefficient (Wildman–Crippen LogP) is 2.69. The van der Waals surface area contributed by atoms with E-state index in [1.54, 1.807) is 30.9 Å². The summed E-state index contributed by atoms with van der Waals surface area (Å²) in [7, 11) is 0. The summed E-state index contributed by atoms with van der Waals surface area (Å²) in [6.07, 6.45) is 6.67. The molecule has 0 radical (unpaired) electrons. The number of hydrogen-bond donors (Lipinski definition) is 3. The highest BCUT2D eigenvalue weighted by atomic mass is 16.5. The van der Waals surface area contributed by atoms with Crippen molar-refractivity contribution in [1.82, 2.24) is 25.2 Å². The number of rotatable bonds is 9. The monoisotopic (exact) mass is 449 g/mol. The van der Waals surface area contributed by atoms with E-state index in [0.717, 1.165) is 48.6 Å². The van der Waals surface area contributed by atoms with Crippen LogP contribution in [0, 0.1) is 18.8 Å². The summed E-state index contributed by atoms with van der Waals surface area (Å²) in [6.45, 7) is 5.32. The molecule has 33 heavy (non-hydrogen) atoms. The van der Waals surface area contributed by atoms with Gasteiger partial charge in [0.1, 0.15) is 11.5 Å². The fraction of sp³-hybridized carbons (Fsp3) is 0.400. The number of imidazole rings is 1. The number of aryl methyl sites for hydroxylation is 1. The Bertz CT molecular complexity index is 1010. The number of amides is 1. The second kappa shape index (κ2) is 11.0. The second-order valence-electron chi connectivity index (χ2n) is 8.72. The molecule has 0 spiro atoms. The molecular weight excluding hydrogens is 418 g/mol. The molecule has 8 heteroatoms. The molecule has 0 bridgehead atoms. The number of aromatic hydroxyl groups is 1. The molecule has 0 saturated carbocycles. The first-order valence-corrected chi connectivity index (χ1v) is 11.4. The number of nitrogens with zero attached hydrogens (tertiary/aromatic N) is 3. The lowest BCUT2D eigenvalue weighted by atomic mass is 9.88. The molecule has 0 aliphatic carbocycles. The molecule has 4 rings (SSSR count). The normalized spacial score (nSPS) is 18.7. The van der Waals surface area contributed by atoms with Gasteiger partial charge in [0.05, 0.1) is 25.0 Å². The van der Waals surface area contributed by atoms with Gasteiger partial charge in [-0.3, -0.25) is 14.7 Å². The number of H-pyrrole nitrogens is 1. The molecule has 3 aromatic rings. The van der Waals surface area contributed by atoms with Gasteiger partial charge in [-0.2, -0.15) is 0 Å². The van der Waals surface area contributed by atoms with E-state index in [9.17, 15) is 9.90 Å². The zero-order valence-corrected chi connectivity index (χ0v) is 18.9. The summed E-state index contributed by atoms with van der Waals surface area (Å²) in [5.74, 6) is 1.19. The molecular formula is C25H31N5O3. The first kappa shape index (κ1) is 22.8. The minimum absolute atomic E-state index is 0.0759. The van der Waals surface area contributed by atoms with Crippen LogP contribution in [0.25, 0.3) is 0 Å². The topological polar surface area (TPSA) is 103 Å². The van der Waals surface area contributed by atoms with Crippen LogP contribution in [0.4, 0.5) is 0 Å². The summed E-state index contributed by atoms with van der Waals surface area (Å²) < 4.78 is 6.01. The zero-order chi connectivity index (χ0) is 23.0. The average molecular weight is 450 g/mol. The summed E-state index contributed by atoms with van der Waals surface area (Å²) in [5.41, 5.74) is 3.06. The lowest BCUT2D eigenvalue weighted by Gasteiger charge is -2.37. The van der Waals surface area contributed by atoms with E-state index >= 15 is 0 Å². The van der Waals surface area contributed by atoms with E-state index in [1.807, 2.05) is 31.2 Å². The lowest BCUT2D eigenvalue weighted by Crippen LogP contribution is -2.47. The van der Waals surface area contributed by atoms with E-state index in [1.165, 1.54) is 0 Å². The summed E-state index contributed by atoms with van der Waals surface area (Å²) in [4.78, 5) is 26.7. The third-order valence-electron chi connectivity index (χ3n) is 5.94. The van der Waals surface area contributed by atoms with Crippen molar-refractivity contribution < 1.29 is 14.6 Å². The highest BCUT2D eigenvalue weighted by molar-refractivity contribution is 5.79. The van der Waals surface area contributed by atoms with Gasteiger partial charge in [0.25, 0.3) is 0 Å². The van der Waals surface area contributed by atoms with Gasteiger partial charge in [0.2, 0.25) is 5.91 Å². The maximum absolute atomic E-state index is 13.0. The van der Waals surface area contributed by atoms with E-state index in [-0.39, 0.29) is 23.5 Å². The van der Waals surface area contributed by atoms with Crippen molar-refractivity contribution in [3.05, 3.63) is 72.1 Å². The first-order chi connectivity index (χ1) is 16.0. The number of aromatic amines is 1. The number of piperidine rings is 1. The van der Waals surface area contributed by atoms with Gasteiger partial charge in [-0.25, -0.2) is 4.98 Å². The lowest BCUT2D eigenvalue weighted by molar-refractivity contribution is -0.127. The van der Waals surface area contributed by atoms with E-state index in [0.29, 0.717) is 19.7 Å². The first-order valence-electron chi connectivity index (χ1n) is 11.4. The van der Waals surface area contributed by atoms with Crippen LogP contribution in [0.5, 0.6) is 11.5 Å². The van der Waals surface area contributed by atoms with Gasteiger partial charge in [0, 0.05) is 56.1 Å². The fourth-order valence-corrected chi connectivity index (χ4v) is 4.24. The van der Waals surface area contributed by atoms with Crippen LogP contribution in [0.2, 0.25) is 0 Å². The molecule has 3 heterocycles. The highest BCUT2D eigenvalue weighted by Gasteiger charge is 2.32. The van der Waals surface area contributed by atoms with Gasteiger partial charge in [-0.1, -0.05) is 12.1 Å². The van der Waals surface area contributed by atoms with Gasteiger partial charge in [-0.05, 0) is 43.2 Å². The molecule has 1 amide bonds. The summed E-state index contributed by atoms with van der Waals surface area (Å²) >= 11 is 0. The van der Waals surface area contributed by atoms with Gasteiger partial charge < -0.3 is 20.1 Å². The number of pyridine rings is 1. The number of ether oxygens (including phenoxy) is 1. The Kier molecular flexibility index (Phi) is 7.57. The largest absolute Gasteiger partial charge is 0.508 e. The van der Waals surface area contributed by atoms with Crippen molar-refractivity contribution in [3.8, 4) is 11.5 Å². The maximum atomic E-state index is 13.0. The third kappa shape index (κ3) is 6.79. The SMILES string of the molecule is Cc1ccc(OC[C@H]2C[C@@H](C(=O)NCCc3cnc[nH]3)CN(Cc3ccc(O)cc3)C2)cn1. The standard InChI is InChI=1S/C25H31N5O3/c1-18-2-7-24(12-28-18)33-16-20-10-21(25(32)27-9-8-22-11-26-17-29-22)15-30(14-20)13-19-3-5-23(31)6-4-19/h2-7,11-12,17,20-21,31H,8-10,13-16H2,1H3,(H,26,29)(H,27,32)/t20-,21+/m0/s1. The van der Waals surface area contributed by atoms with Crippen molar-refractivity contribution in [3.63, 3.8) is 0 Å². The Morgan fingerprint density at radius 3 is 2.79 bits per heavy atom. The average Bonchev–Trinajstić information content (AvgIpc) is 3.34. The molecule has 3 N–H and O–H groups in total. The van der Waals surface area contributed by atoms with Gasteiger partial charge in [0.15, 0.2) is 0 Å². The number of hydrogen-bond acceptors (Lipinski definition) is 6. The molecule has 0 unspecified atom stereocenters. The number of aromatic nitrogens is 3. The molecule has 174 valence electrons. The van der Waals surface area contributed by atoms with Crippen LogP contribution in [0.15, 0.2) is 55.1 Å². The minimum atomic E-state index is -0.109. The Morgan fingerprint density at radius 1 is 1.21 bits per heavy atom. The molecule has 1 saturated heterocycles. The number of phenolic OH excluding ortho intramolecular Hbond substituents is 1. The molecule has 2 atom stereocenters. The molecule has 2 aromatic heterocycles. The number of likely N-dealkylation sites (tertiary alicyclic amines) is 1. The van der Waals surface area contributed by atoms with Crippen LogP contribution >= 0.6 is 0 Å². The molecule has 1 aromatic carbocycles. The number of carbonyl (C=O) groups excluding carboxylic acids is 1. The molecule has 8 nitrogen and oxygen atoms in total. The molecule has 1 aliphatic rings. The number of benzene rings is 1. The third-order valence-corrected chi connectivity index (χ3v) is 5.94. The van der Waals surface area contributed by atoms with Crippen molar-refractivity contribution in [1.29, 1.82) is 0 Å². The minimum Gasteiger partial charge on any atom is -0.508 e. The van der Waals surface area contributed by atoms with Crippen molar-refractivity contribution in [2.45, 2.75) is 26.3 Å². The molecule has 1 aliphatic heterocycles. The number of carbonyl (C=O) groups is 1. The van der Waals surface area contributed by atoms with Crippen LogP contribution < -0.4 is 10.1 Å². The number of phenols is 1. The fourth-order valence-electron chi connectivity index (χ4n) is 4.24. The van der Waals surface area contributed by atoms with E-state index in [4.69, 9.17) is 4.74 Å². The maximum Gasteiger partial charge on any atom is 0.224 e. The Balaban J connectivity index is 1.37. The predicted molar refractivity (Wildman–Crippen MR) is 125 cm³/mol. The zero-order valence-electron chi connectivity index (χ0n) is 18.9. The highest BCUT2D eigenvalue weighted by Crippen LogP contribution is 2.25. The summed E-state index contributed by atoms with van der Waals surface area (Å²) in [5, 5.41) is 12.7.